The second-order valence-electron chi connectivity index (χ2n) is 9.14. The van der Waals surface area contributed by atoms with E-state index in [1.54, 1.807) is 0 Å². The minimum absolute atomic E-state index is 0.702. The third kappa shape index (κ3) is 5.35. The molecule has 156 valence electrons. The number of rotatable bonds is 6. The van der Waals surface area contributed by atoms with Crippen molar-refractivity contribution in [2.24, 2.45) is 5.92 Å². The highest BCUT2D eigenvalue weighted by Crippen LogP contribution is 2.27. The number of piperidine rings is 1. The van der Waals surface area contributed by atoms with Gasteiger partial charge < -0.3 is 5.11 Å². The van der Waals surface area contributed by atoms with E-state index in [0.29, 0.717) is 5.92 Å². The van der Waals surface area contributed by atoms with Crippen molar-refractivity contribution < 1.29 is 5.11 Å². The van der Waals surface area contributed by atoms with Gasteiger partial charge >= 0.3 is 0 Å². The number of likely N-dealkylation sites (tertiary alicyclic amines) is 1. The molecule has 2 heterocycles. The van der Waals surface area contributed by atoms with Crippen molar-refractivity contribution in [1.29, 1.82) is 0 Å². The Hall–Kier alpha value is -2.49. The fraction of sp³-hybridized carbons (Fsp3) is 0.370. The van der Waals surface area contributed by atoms with Gasteiger partial charge in [-0.1, -0.05) is 48.5 Å². The van der Waals surface area contributed by atoms with Crippen LogP contribution >= 0.6 is 0 Å². The second-order valence-corrected chi connectivity index (χ2v) is 9.14. The maximum Gasteiger partial charge on any atom is 0.0840 e. The molecule has 0 spiro atoms. The first kappa shape index (κ1) is 20.8. The van der Waals surface area contributed by atoms with Crippen LogP contribution in [0.25, 0.3) is 11.1 Å². The zero-order valence-electron chi connectivity index (χ0n) is 18.1. The van der Waals surface area contributed by atoms with E-state index in [1.165, 1.54) is 41.6 Å². The zero-order valence-corrected chi connectivity index (χ0v) is 18.1. The van der Waals surface area contributed by atoms with Gasteiger partial charge in [-0.25, -0.2) is 0 Å². The third-order valence-corrected chi connectivity index (χ3v) is 6.13. The van der Waals surface area contributed by atoms with Crippen LogP contribution in [-0.2, 0) is 18.6 Å². The highest BCUT2D eigenvalue weighted by Gasteiger charge is 2.20. The van der Waals surface area contributed by atoms with Crippen molar-refractivity contribution in [2.45, 2.75) is 45.3 Å². The number of aliphatic hydroxyl groups is 1. The Labute approximate surface area is 180 Å². The molecular formula is C27H32N2O. The molecule has 0 saturated carbocycles. The quantitative estimate of drug-likeness (QED) is 0.599. The minimum Gasteiger partial charge on any atom is -0.386 e. The highest BCUT2D eigenvalue weighted by molar-refractivity contribution is 5.64. The summed E-state index contributed by atoms with van der Waals surface area (Å²) < 4.78 is 0. The number of hydrogen-bond acceptors (Lipinski definition) is 3. The maximum atomic E-state index is 10.2. The molecule has 1 fully saturated rings. The number of nitrogens with zero attached hydrogens (tertiary/aromatic N) is 2. The highest BCUT2D eigenvalue weighted by atomic mass is 16.3. The molecule has 0 bridgehead atoms. The molecule has 4 rings (SSSR count). The predicted octanol–water partition coefficient (Wildman–Crippen LogP) is 5.43. The fourth-order valence-corrected chi connectivity index (χ4v) is 4.49. The molecule has 0 radical (unpaired) electrons. The normalized spacial score (nSPS) is 17.8. The van der Waals surface area contributed by atoms with Crippen LogP contribution in [0, 0.1) is 5.92 Å². The van der Waals surface area contributed by atoms with E-state index in [9.17, 15) is 5.11 Å². The number of hydrogen-bond donors (Lipinski definition) is 1. The van der Waals surface area contributed by atoms with Crippen LogP contribution in [0.2, 0.25) is 0 Å². The first-order valence-electron chi connectivity index (χ1n) is 11.0. The summed E-state index contributed by atoms with van der Waals surface area (Å²) in [7, 11) is 0. The molecule has 1 saturated heterocycles. The van der Waals surface area contributed by atoms with Crippen molar-refractivity contribution in [3.8, 4) is 11.1 Å². The minimum atomic E-state index is -0.802. The van der Waals surface area contributed by atoms with Gasteiger partial charge in [-0.3, -0.25) is 9.88 Å². The zero-order chi connectivity index (χ0) is 21.0. The van der Waals surface area contributed by atoms with Gasteiger partial charge in [0.2, 0.25) is 0 Å². The van der Waals surface area contributed by atoms with Crippen LogP contribution in [0.3, 0.4) is 0 Å². The predicted molar refractivity (Wildman–Crippen MR) is 123 cm³/mol. The number of benzene rings is 2. The van der Waals surface area contributed by atoms with Gasteiger partial charge in [0, 0.05) is 25.5 Å². The number of pyridine rings is 1. The van der Waals surface area contributed by atoms with Crippen LogP contribution in [0.15, 0.2) is 73.1 Å². The van der Waals surface area contributed by atoms with Gasteiger partial charge in [0.15, 0.2) is 0 Å². The molecule has 0 aliphatic carbocycles. The van der Waals surface area contributed by atoms with Gasteiger partial charge in [-0.05, 0) is 85.5 Å². The van der Waals surface area contributed by atoms with Crippen molar-refractivity contribution in [3.63, 3.8) is 0 Å². The molecule has 2 aromatic carbocycles. The standard InChI is InChI=1S/C27H32N2O/c1-27(2,30)26-10-8-24(9-11-26)25-7-3-5-22(18-25)17-23-6-4-16-29(20-23)19-21-12-14-28-15-13-21/h3,5,7-15,18,23,30H,4,6,16-17,19-20H2,1-2H3. The maximum absolute atomic E-state index is 10.2. The average Bonchev–Trinajstić information content (AvgIpc) is 2.74. The lowest BCUT2D eigenvalue weighted by molar-refractivity contribution is 0.0786. The summed E-state index contributed by atoms with van der Waals surface area (Å²) >= 11 is 0. The van der Waals surface area contributed by atoms with E-state index >= 15 is 0 Å². The largest absolute Gasteiger partial charge is 0.386 e. The molecular weight excluding hydrogens is 368 g/mol. The summed E-state index contributed by atoms with van der Waals surface area (Å²) in [4.78, 5) is 6.71. The smallest absolute Gasteiger partial charge is 0.0840 e. The number of aromatic nitrogens is 1. The van der Waals surface area contributed by atoms with E-state index < -0.39 is 5.60 Å². The molecule has 1 aliphatic rings. The Morgan fingerprint density at radius 3 is 2.47 bits per heavy atom. The van der Waals surface area contributed by atoms with Gasteiger partial charge in [0.25, 0.3) is 0 Å². The molecule has 0 amide bonds. The average molecular weight is 401 g/mol. The monoisotopic (exact) mass is 400 g/mol. The van der Waals surface area contributed by atoms with Crippen LogP contribution in [0.1, 0.15) is 43.4 Å². The third-order valence-electron chi connectivity index (χ3n) is 6.13. The lowest BCUT2D eigenvalue weighted by atomic mass is 9.89. The summed E-state index contributed by atoms with van der Waals surface area (Å²) in [5.74, 6) is 0.702. The van der Waals surface area contributed by atoms with Crippen LogP contribution in [-0.4, -0.2) is 28.1 Å². The molecule has 1 unspecified atom stereocenters. The topological polar surface area (TPSA) is 36.4 Å². The first-order chi connectivity index (χ1) is 14.5. The van der Waals surface area contributed by atoms with Crippen LogP contribution < -0.4 is 0 Å². The molecule has 1 aromatic heterocycles. The summed E-state index contributed by atoms with van der Waals surface area (Å²) in [6, 6.07) is 21.5. The Morgan fingerprint density at radius 2 is 1.73 bits per heavy atom. The van der Waals surface area contributed by atoms with Gasteiger partial charge in [-0.15, -0.1) is 0 Å². The van der Waals surface area contributed by atoms with E-state index in [2.05, 4.69) is 58.4 Å². The van der Waals surface area contributed by atoms with Crippen molar-refractivity contribution in [2.75, 3.05) is 13.1 Å². The molecule has 1 atom stereocenters. The Bertz CT molecular complexity index is 945. The second kappa shape index (κ2) is 9.11. The van der Waals surface area contributed by atoms with Gasteiger partial charge in [-0.2, -0.15) is 0 Å². The summed E-state index contributed by atoms with van der Waals surface area (Å²) in [5.41, 5.74) is 5.35. The molecule has 3 heteroatoms. The summed E-state index contributed by atoms with van der Waals surface area (Å²) in [6.45, 7) is 7.02. The van der Waals surface area contributed by atoms with E-state index in [0.717, 1.165) is 25.1 Å². The fourth-order valence-electron chi connectivity index (χ4n) is 4.49. The Kier molecular flexibility index (Phi) is 6.31. The van der Waals surface area contributed by atoms with Crippen LogP contribution in [0.5, 0.6) is 0 Å². The van der Waals surface area contributed by atoms with Crippen LogP contribution in [0.4, 0.5) is 0 Å². The molecule has 1 N–H and O–H groups in total. The Morgan fingerprint density at radius 1 is 0.967 bits per heavy atom. The Balaban J connectivity index is 1.41. The van der Waals surface area contributed by atoms with Gasteiger partial charge in [0.1, 0.15) is 0 Å². The molecule has 3 aromatic rings. The lowest BCUT2D eigenvalue weighted by Crippen LogP contribution is -2.35. The summed E-state index contributed by atoms with van der Waals surface area (Å²) in [6.07, 6.45) is 7.47. The van der Waals surface area contributed by atoms with Gasteiger partial charge in [0.05, 0.1) is 5.60 Å². The van der Waals surface area contributed by atoms with E-state index in [1.807, 2.05) is 38.4 Å². The van der Waals surface area contributed by atoms with Crippen molar-refractivity contribution >= 4 is 0 Å². The first-order valence-corrected chi connectivity index (χ1v) is 11.0. The van der Waals surface area contributed by atoms with Crippen molar-refractivity contribution in [1.82, 2.24) is 9.88 Å². The summed E-state index contributed by atoms with van der Waals surface area (Å²) in [5, 5.41) is 10.2. The molecule has 1 aliphatic heterocycles. The van der Waals surface area contributed by atoms with E-state index in [4.69, 9.17) is 0 Å². The lowest BCUT2D eigenvalue weighted by Gasteiger charge is -2.33. The SMILES string of the molecule is CC(C)(O)c1ccc(-c2cccc(CC3CCCN(Cc4ccncc4)C3)c2)cc1. The van der Waals surface area contributed by atoms with Crippen molar-refractivity contribution in [3.05, 3.63) is 89.7 Å². The molecule has 30 heavy (non-hydrogen) atoms. The molecule has 3 nitrogen and oxygen atoms in total. The van der Waals surface area contributed by atoms with E-state index in [-0.39, 0.29) is 0 Å².